The van der Waals surface area contributed by atoms with Crippen LogP contribution in [0.15, 0.2) is 0 Å². The van der Waals surface area contributed by atoms with Gasteiger partial charge in [-0.15, -0.1) is 0 Å². The molecule has 1 atom stereocenters. The van der Waals surface area contributed by atoms with Crippen LogP contribution in [0.25, 0.3) is 0 Å². The summed E-state index contributed by atoms with van der Waals surface area (Å²) >= 11 is 5.34. The van der Waals surface area contributed by atoms with Crippen molar-refractivity contribution in [3.05, 3.63) is 0 Å². The number of thiocarbonyl (C=S) groups is 1. The number of piperidine rings is 1. The molecule has 0 amide bonds. The van der Waals surface area contributed by atoms with E-state index in [-0.39, 0.29) is 0 Å². The monoisotopic (exact) mass is 200 g/mol. The lowest BCUT2D eigenvalue weighted by Crippen LogP contribution is -2.49. The van der Waals surface area contributed by atoms with E-state index < -0.39 is 0 Å². The Kier molecular flexibility index (Phi) is 3.97. The minimum Gasteiger partial charge on any atom is -0.360 e. The van der Waals surface area contributed by atoms with Crippen molar-refractivity contribution in [2.24, 2.45) is 0 Å². The SMILES string of the molecule is CC(C)NC(=S)N1CCCCC1C. The summed E-state index contributed by atoms with van der Waals surface area (Å²) in [4.78, 5) is 2.32. The zero-order valence-corrected chi connectivity index (χ0v) is 9.66. The quantitative estimate of drug-likeness (QED) is 0.653. The van der Waals surface area contributed by atoms with Crippen LogP contribution in [0.5, 0.6) is 0 Å². The summed E-state index contributed by atoms with van der Waals surface area (Å²) in [5.41, 5.74) is 0. The lowest BCUT2D eigenvalue weighted by Gasteiger charge is -2.36. The van der Waals surface area contributed by atoms with Crippen molar-refractivity contribution in [2.45, 2.75) is 52.1 Å². The molecular weight excluding hydrogens is 180 g/mol. The predicted molar refractivity (Wildman–Crippen MR) is 60.9 cm³/mol. The van der Waals surface area contributed by atoms with Crippen molar-refractivity contribution in [2.75, 3.05) is 6.54 Å². The van der Waals surface area contributed by atoms with Crippen molar-refractivity contribution in [1.29, 1.82) is 0 Å². The van der Waals surface area contributed by atoms with E-state index in [2.05, 4.69) is 31.0 Å². The van der Waals surface area contributed by atoms with Crippen LogP contribution in [0.1, 0.15) is 40.0 Å². The van der Waals surface area contributed by atoms with Crippen molar-refractivity contribution in [3.8, 4) is 0 Å². The van der Waals surface area contributed by atoms with Crippen LogP contribution in [-0.2, 0) is 0 Å². The van der Waals surface area contributed by atoms with Gasteiger partial charge in [-0.25, -0.2) is 0 Å². The Morgan fingerprint density at radius 1 is 1.46 bits per heavy atom. The zero-order valence-electron chi connectivity index (χ0n) is 8.84. The van der Waals surface area contributed by atoms with E-state index in [1.807, 2.05) is 0 Å². The molecule has 0 radical (unpaired) electrons. The molecule has 2 nitrogen and oxygen atoms in total. The maximum absolute atomic E-state index is 5.34. The third kappa shape index (κ3) is 3.14. The maximum Gasteiger partial charge on any atom is 0.169 e. The summed E-state index contributed by atoms with van der Waals surface area (Å²) in [5.74, 6) is 0. The van der Waals surface area contributed by atoms with Gasteiger partial charge in [-0.05, 0) is 52.3 Å². The van der Waals surface area contributed by atoms with Gasteiger partial charge in [0.2, 0.25) is 0 Å². The average molecular weight is 200 g/mol. The topological polar surface area (TPSA) is 15.3 Å². The number of nitrogens with zero attached hydrogens (tertiary/aromatic N) is 1. The van der Waals surface area contributed by atoms with Crippen molar-refractivity contribution in [3.63, 3.8) is 0 Å². The highest BCUT2D eigenvalue weighted by atomic mass is 32.1. The van der Waals surface area contributed by atoms with Crippen LogP contribution in [0.4, 0.5) is 0 Å². The molecule has 1 fully saturated rings. The van der Waals surface area contributed by atoms with E-state index in [4.69, 9.17) is 12.2 Å². The third-order valence-corrected chi connectivity index (χ3v) is 2.83. The summed E-state index contributed by atoms with van der Waals surface area (Å²) < 4.78 is 0. The summed E-state index contributed by atoms with van der Waals surface area (Å²) in [6.45, 7) is 7.63. The highest BCUT2D eigenvalue weighted by Crippen LogP contribution is 2.16. The lowest BCUT2D eigenvalue weighted by molar-refractivity contribution is 0.254. The van der Waals surface area contributed by atoms with Crippen LogP contribution >= 0.6 is 12.2 Å². The summed E-state index contributed by atoms with van der Waals surface area (Å²) in [7, 11) is 0. The average Bonchev–Trinajstić information content (AvgIpc) is 2.03. The van der Waals surface area contributed by atoms with E-state index in [1.165, 1.54) is 19.3 Å². The van der Waals surface area contributed by atoms with Crippen LogP contribution in [-0.4, -0.2) is 28.6 Å². The van der Waals surface area contributed by atoms with Crippen LogP contribution in [0.2, 0.25) is 0 Å². The molecule has 1 saturated heterocycles. The van der Waals surface area contributed by atoms with Gasteiger partial charge >= 0.3 is 0 Å². The molecule has 13 heavy (non-hydrogen) atoms. The number of likely N-dealkylation sites (tertiary alicyclic amines) is 1. The molecule has 0 saturated carbocycles. The van der Waals surface area contributed by atoms with E-state index in [0.717, 1.165) is 11.7 Å². The molecule has 1 N–H and O–H groups in total. The van der Waals surface area contributed by atoms with E-state index in [9.17, 15) is 0 Å². The molecule has 0 aliphatic carbocycles. The highest BCUT2D eigenvalue weighted by Gasteiger charge is 2.20. The number of hydrogen-bond donors (Lipinski definition) is 1. The van der Waals surface area contributed by atoms with Gasteiger partial charge in [0.15, 0.2) is 5.11 Å². The first-order valence-electron chi connectivity index (χ1n) is 5.18. The predicted octanol–water partition coefficient (Wildman–Crippen LogP) is 2.14. The minimum absolute atomic E-state index is 0.446. The Hall–Kier alpha value is -0.310. The molecule has 0 spiro atoms. The minimum atomic E-state index is 0.446. The second-order valence-electron chi connectivity index (χ2n) is 4.14. The largest absolute Gasteiger partial charge is 0.360 e. The van der Waals surface area contributed by atoms with Gasteiger partial charge < -0.3 is 10.2 Å². The Bertz CT molecular complexity index is 180. The Morgan fingerprint density at radius 2 is 2.15 bits per heavy atom. The molecule has 3 heteroatoms. The molecule has 1 heterocycles. The highest BCUT2D eigenvalue weighted by molar-refractivity contribution is 7.80. The second-order valence-corrected chi connectivity index (χ2v) is 4.53. The Morgan fingerprint density at radius 3 is 2.69 bits per heavy atom. The molecule has 0 aromatic heterocycles. The first kappa shape index (κ1) is 10.8. The normalized spacial score (nSPS) is 23.4. The molecule has 0 aromatic carbocycles. The van der Waals surface area contributed by atoms with Crippen molar-refractivity contribution < 1.29 is 0 Å². The fourth-order valence-corrected chi connectivity index (χ4v) is 2.24. The summed E-state index contributed by atoms with van der Waals surface area (Å²) in [6.07, 6.45) is 3.91. The standard InChI is InChI=1S/C10H20N2S/c1-8(2)11-10(13)12-7-5-4-6-9(12)3/h8-9H,4-7H2,1-3H3,(H,11,13). The van der Waals surface area contributed by atoms with Crippen LogP contribution < -0.4 is 5.32 Å². The van der Waals surface area contributed by atoms with Gasteiger partial charge in [0.1, 0.15) is 0 Å². The molecule has 0 aromatic rings. The molecule has 1 aliphatic rings. The molecule has 76 valence electrons. The molecular formula is C10H20N2S. The fourth-order valence-electron chi connectivity index (χ4n) is 1.73. The lowest BCUT2D eigenvalue weighted by atomic mass is 10.0. The zero-order chi connectivity index (χ0) is 9.84. The first-order chi connectivity index (χ1) is 6.11. The first-order valence-corrected chi connectivity index (χ1v) is 5.59. The van der Waals surface area contributed by atoms with Crippen LogP contribution in [0, 0.1) is 0 Å². The third-order valence-electron chi connectivity index (χ3n) is 2.48. The summed E-state index contributed by atoms with van der Waals surface area (Å²) in [6, 6.07) is 1.06. The Balaban J connectivity index is 2.44. The van der Waals surface area contributed by atoms with Gasteiger partial charge in [0, 0.05) is 18.6 Å². The molecule has 1 rings (SSSR count). The fraction of sp³-hybridized carbons (Fsp3) is 0.900. The van der Waals surface area contributed by atoms with E-state index in [1.54, 1.807) is 0 Å². The van der Waals surface area contributed by atoms with Gasteiger partial charge in [0.25, 0.3) is 0 Å². The van der Waals surface area contributed by atoms with E-state index >= 15 is 0 Å². The van der Waals surface area contributed by atoms with Gasteiger partial charge in [-0.2, -0.15) is 0 Å². The number of nitrogens with one attached hydrogen (secondary N) is 1. The van der Waals surface area contributed by atoms with Crippen molar-refractivity contribution in [1.82, 2.24) is 10.2 Å². The molecule has 1 unspecified atom stereocenters. The maximum atomic E-state index is 5.34. The van der Waals surface area contributed by atoms with Gasteiger partial charge in [0.05, 0.1) is 0 Å². The Labute approximate surface area is 86.7 Å². The van der Waals surface area contributed by atoms with Gasteiger partial charge in [-0.3, -0.25) is 0 Å². The molecule has 1 aliphatic heterocycles. The molecule has 0 bridgehead atoms. The number of rotatable bonds is 1. The van der Waals surface area contributed by atoms with Crippen LogP contribution in [0.3, 0.4) is 0 Å². The van der Waals surface area contributed by atoms with E-state index in [0.29, 0.717) is 12.1 Å². The smallest absolute Gasteiger partial charge is 0.169 e. The number of hydrogen-bond acceptors (Lipinski definition) is 1. The van der Waals surface area contributed by atoms with Crippen molar-refractivity contribution >= 4 is 17.3 Å². The van der Waals surface area contributed by atoms with Gasteiger partial charge in [-0.1, -0.05) is 0 Å². The summed E-state index contributed by atoms with van der Waals surface area (Å²) in [5, 5.41) is 4.23. The second kappa shape index (κ2) is 4.80.